The van der Waals surface area contributed by atoms with Gasteiger partial charge < -0.3 is 10.2 Å². The number of hydrogen-bond donors (Lipinski definition) is 1. The summed E-state index contributed by atoms with van der Waals surface area (Å²) in [7, 11) is 3.76. The molecule has 1 aromatic carbocycles. The van der Waals surface area contributed by atoms with E-state index in [4.69, 9.17) is 0 Å². The fourth-order valence-corrected chi connectivity index (χ4v) is 4.25. The van der Waals surface area contributed by atoms with Crippen molar-refractivity contribution < 1.29 is 9.18 Å². The van der Waals surface area contributed by atoms with Gasteiger partial charge in [0.15, 0.2) is 0 Å². The normalized spacial score (nSPS) is 12.5. The van der Waals surface area contributed by atoms with Gasteiger partial charge in [0.2, 0.25) is 5.91 Å². The summed E-state index contributed by atoms with van der Waals surface area (Å²) in [6.07, 6.45) is 1.67. The second kappa shape index (κ2) is 8.84. The zero-order valence-corrected chi connectivity index (χ0v) is 17.8. The van der Waals surface area contributed by atoms with Gasteiger partial charge >= 0.3 is 0 Å². The van der Waals surface area contributed by atoms with Gasteiger partial charge in [-0.15, -0.1) is 11.3 Å². The third-order valence-electron chi connectivity index (χ3n) is 5.08. The Bertz CT molecular complexity index is 1090. The zero-order chi connectivity index (χ0) is 21.1. The number of hydrogen-bond acceptors (Lipinski definition) is 5. The average molecular weight is 417 g/mol. The lowest BCUT2D eigenvalue weighted by molar-refractivity contribution is -0.121. The highest BCUT2D eigenvalue weighted by molar-refractivity contribution is 7.18. The molecule has 0 aliphatic heterocycles. The van der Waals surface area contributed by atoms with E-state index in [0.717, 1.165) is 20.8 Å². The van der Waals surface area contributed by atoms with Crippen molar-refractivity contribution in [3.05, 3.63) is 62.8 Å². The maximum absolute atomic E-state index is 13.5. The van der Waals surface area contributed by atoms with Gasteiger partial charge in [-0.1, -0.05) is 12.1 Å². The lowest BCUT2D eigenvalue weighted by Gasteiger charge is -2.25. The van der Waals surface area contributed by atoms with Gasteiger partial charge in [0.25, 0.3) is 5.56 Å². The van der Waals surface area contributed by atoms with Crippen molar-refractivity contribution in [1.29, 1.82) is 0 Å². The standard InChI is InChI=1S/C21H25FN4O2S/c1-13-14(2)29-20-19(13)21(28)26(12-24-20)9-8-18(27)23-11-17(25(3)4)15-6-5-7-16(22)10-15/h5-7,10,12,17H,8-9,11H2,1-4H3,(H,23,27). The largest absolute Gasteiger partial charge is 0.354 e. The molecule has 0 radical (unpaired) electrons. The molecule has 3 aromatic rings. The van der Waals surface area contributed by atoms with Crippen molar-refractivity contribution in [3.8, 4) is 0 Å². The van der Waals surface area contributed by atoms with Crippen LogP contribution in [0.15, 0.2) is 35.4 Å². The second-order valence-corrected chi connectivity index (χ2v) is 8.50. The highest BCUT2D eigenvalue weighted by Gasteiger charge is 2.17. The molecule has 0 fully saturated rings. The topological polar surface area (TPSA) is 67.2 Å². The van der Waals surface area contributed by atoms with Gasteiger partial charge in [-0.25, -0.2) is 9.37 Å². The van der Waals surface area contributed by atoms with Gasteiger partial charge in [-0.2, -0.15) is 0 Å². The summed E-state index contributed by atoms with van der Waals surface area (Å²) in [5.74, 6) is -0.472. The number of nitrogens with zero attached hydrogens (tertiary/aromatic N) is 3. The van der Waals surface area contributed by atoms with E-state index in [-0.39, 0.29) is 36.3 Å². The van der Waals surface area contributed by atoms with Crippen LogP contribution < -0.4 is 10.9 Å². The van der Waals surface area contributed by atoms with E-state index in [2.05, 4.69) is 10.3 Å². The molecule has 1 N–H and O–H groups in total. The van der Waals surface area contributed by atoms with E-state index >= 15 is 0 Å². The summed E-state index contributed by atoms with van der Waals surface area (Å²) < 4.78 is 15.0. The molecule has 1 unspecified atom stereocenters. The van der Waals surface area contributed by atoms with Crippen LogP contribution in [0.2, 0.25) is 0 Å². The minimum Gasteiger partial charge on any atom is -0.354 e. The summed E-state index contributed by atoms with van der Waals surface area (Å²) in [5, 5.41) is 3.52. The fourth-order valence-electron chi connectivity index (χ4n) is 3.26. The van der Waals surface area contributed by atoms with E-state index in [1.807, 2.05) is 38.9 Å². The first kappa shape index (κ1) is 21.1. The van der Waals surface area contributed by atoms with E-state index in [1.54, 1.807) is 6.07 Å². The van der Waals surface area contributed by atoms with Crippen molar-refractivity contribution >= 4 is 27.5 Å². The predicted molar refractivity (Wildman–Crippen MR) is 114 cm³/mol. The van der Waals surface area contributed by atoms with Gasteiger partial charge in [-0.3, -0.25) is 14.2 Å². The first-order valence-electron chi connectivity index (χ1n) is 9.41. The van der Waals surface area contributed by atoms with Gasteiger partial charge in [0.05, 0.1) is 17.8 Å². The number of carbonyl (C=O) groups excluding carboxylic acids is 1. The molecule has 3 rings (SSSR count). The molecule has 2 heterocycles. The molecule has 0 aliphatic rings. The van der Waals surface area contributed by atoms with Crippen molar-refractivity contribution in [2.75, 3.05) is 20.6 Å². The van der Waals surface area contributed by atoms with E-state index in [9.17, 15) is 14.0 Å². The number of thiophene rings is 1. The first-order chi connectivity index (χ1) is 13.8. The van der Waals surface area contributed by atoms with Crippen LogP contribution in [0.5, 0.6) is 0 Å². The van der Waals surface area contributed by atoms with Gasteiger partial charge in [0.1, 0.15) is 10.6 Å². The molecule has 0 saturated carbocycles. The van der Waals surface area contributed by atoms with Gasteiger partial charge in [-0.05, 0) is 51.2 Å². The molecule has 8 heteroatoms. The number of aryl methyl sites for hydroxylation is 3. The number of rotatable bonds is 7. The zero-order valence-electron chi connectivity index (χ0n) is 17.0. The smallest absolute Gasteiger partial charge is 0.262 e. The Morgan fingerprint density at radius 1 is 1.34 bits per heavy atom. The number of nitrogens with one attached hydrogen (secondary N) is 1. The maximum atomic E-state index is 13.5. The Morgan fingerprint density at radius 2 is 2.10 bits per heavy atom. The Balaban J connectivity index is 1.64. The summed E-state index contributed by atoms with van der Waals surface area (Å²) in [5.41, 5.74) is 1.63. The number of likely N-dealkylation sites (N-methyl/N-ethyl adjacent to an activating group) is 1. The van der Waals surface area contributed by atoms with Crippen LogP contribution in [0.1, 0.15) is 28.5 Å². The molecule has 29 heavy (non-hydrogen) atoms. The predicted octanol–water partition coefficient (Wildman–Crippen LogP) is 3.02. The molecule has 0 spiro atoms. The summed E-state index contributed by atoms with van der Waals surface area (Å²) >= 11 is 1.50. The third kappa shape index (κ3) is 4.71. The Labute approximate surface area is 173 Å². The molecule has 6 nitrogen and oxygen atoms in total. The SMILES string of the molecule is Cc1sc2ncn(CCC(=O)NCC(c3cccc(F)c3)N(C)C)c(=O)c2c1C. The molecular formula is C21H25FN4O2S. The minimum atomic E-state index is -0.304. The number of benzene rings is 1. The Kier molecular flexibility index (Phi) is 6.44. The minimum absolute atomic E-state index is 0.115. The lowest BCUT2D eigenvalue weighted by atomic mass is 10.1. The van der Waals surface area contributed by atoms with E-state index in [1.165, 1.54) is 34.4 Å². The molecule has 0 saturated heterocycles. The highest BCUT2D eigenvalue weighted by Crippen LogP contribution is 2.25. The molecule has 2 aromatic heterocycles. The Hall–Kier alpha value is -2.58. The lowest BCUT2D eigenvalue weighted by Crippen LogP contribution is -2.35. The summed E-state index contributed by atoms with van der Waals surface area (Å²) in [6.45, 7) is 4.50. The Morgan fingerprint density at radius 3 is 2.79 bits per heavy atom. The van der Waals surface area contributed by atoms with Crippen molar-refractivity contribution in [2.24, 2.45) is 0 Å². The highest BCUT2D eigenvalue weighted by atomic mass is 32.1. The van der Waals surface area contributed by atoms with Crippen LogP contribution in [-0.4, -0.2) is 41.0 Å². The number of amides is 1. The first-order valence-corrected chi connectivity index (χ1v) is 10.2. The molecular weight excluding hydrogens is 391 g/mol. The molecule has 0 aliphatic carbocycles. The van der Waals surface area contributed by atoms with E-state index < -0.39 is 0 Å². The quantitative estimate of drug-likeness (QED) is 0.643. The van der Waals surface area contributed by atoms with Crippen LogP contribution in [0.25, 0.3) is 10.2 Å². The van der Waals surface area contributed by atoms with Crippen LogP contribution in [-0.2, 0) is 11.3 Å². The van der Waals surface area contributed by atoms with Gasteiger partial charge in [0, 0.05) is 24.4 Å². The maximum Gasteiger partial charge on any atom is 0.262 e. The number of halogens is 1. The molecule has 154 valence electrons. The van der Waals surface area contributed by atoms with Crippen LogP contribution in [0, 0.1) is 19.7 Å². The summed E-state index contributed by atoms with van der Waals surface area (Å²) in [4.78, 5) is 33.1. The summed E-state index contributed by atoms with van der Waals surface area (Å²) in [6, 6.07) is 6.22. The third-order valence-corrected chi connectivity index (χ3v) is 6.20. The van der Waals surface area contributed by atoms with Crippen LogP contribution >= 0.6 is 11.3 Å². The number of aromatic nitrogens is 2. The molecule has 0 bridgehead atoms. The molecule has 1 amide bonds. The monoisotopic (exact) mass is 416 g/mol. The van der Waals surface area contributed by atoms with Crippen molar-refractivity contribution in [1.82, 2.24) is 19.8 Å². The fraction of sp³-hybridized carbons (Fsp3) is 0.381. The number of fused-ring (bicyclic) bond motifs is 1. The second-order valence-electron chi connectivity index (χ2n) is 7.30. The van der Waals surface area contributed by atoms with E-state index in [0.29, 0.717) is 11.9 Å². The van der Waals surface area contributed by atoms with Crippen molar-refractivity contribution in [2.45, 2.75) is 32.9 Å². The van der Waals surface area contributed by atoms with Crippen LogP contribution in [0.4, 0.5) is 4.39 Å². The van der Waals surface area contributed by atoms with Crippen LogP contribution in [0.3, 0.4) is 0 Å². The average Bonchev–Trinajstić information content (AvgIpc) is 2.96. The molecule has 1 atom stereocenters. The number of carbonyl (C=O) groups is 1. The van der Waals surface area contributed by atoms with Crippen molar-refractivity contribution in [3.63, 3.8) is 0 Å².